The summed E-state index contributed by atoms with van der Waals surface area (Å²) in [6, 6.07) is 12.5. The number of halogens is 1. The highest BCUT2D eigenvalue weighted by Gasteiger charge is 2.16. The molecule has 0 spiro atoms. The number of nitrogens with one attached hydrogen (secondary N) is 2. The summed E-state index contributed by atoms with van der Waals surface area (Å²) in [7, 11) is 0. The standard InChI is InChI=1S/C24H25FN6O3/c1-3-16-10-15(4-9-19(16)25)12-27-23(32)20-11-21(29-13-28-20)24(33)30-14(2)17-5-7-18(8-6-17)22(26)31-34/h4-11,13-14,34H,3,12H2,1-2H3,(H2,26,31)(H,27,32)(H,30,33)/t14-/m0/s1. The maximum atomic E-state index is 13.7. The van der Waals surface area contributed by atoms with Gasteiger partial charge < -0.3 is 21.6 Å². The van der Waals surface area contributed by atoms with E-state index in [-0.39, 0.29) is 35.6 Å². The van der Waals surface area contributed by atoms with Gasteiger partial charge in [-0.25, -0.2) is 14.4 Å². The predicted molar refractivity (Wildman–Crippen MR) is 124 cm³/mol. The number of hydrogen-bond acceptors (Lipinski definition) is 6. The van der Waals surface area contributed by atoms with Gasteiger partial charge in [-0.2, -0.15) is 0 Å². The molecular weight excluding hydrogens is 439 g/mol. The highest BCUT2D eigenvalue weighted by atomic mass is 19.1. The largest absolute Gasteiger partial charge is 0.409 e. The van der Waals surface area contributed by atoms with Crippen LogP contribution in [0.4, 0.5) is 4.39 Å². The van der Waals surface area contributed by atoms with E-state index in [0.717, 1.165) is 17.5 Å². The smallest absolute Gasteiger partial charge is 0.270 e. The number of aryl methyl sites for hydroxylation is 1. The van der Waals surface area contributed by atoms with Crippen LogP contribution >= 0.6 is 0 Å². The second-order valence-electron chi connectivity index (χ2n) is 7.55. The monoisotopic (exact) mass is 464 g/mol. The lowest BCUT2D eigenvalue weighted by atomic mass is 10.1. The first-order chi connectivity index (χ1) is 16.3. The van der Waals surface area contributed by atoms with Crippen LogP contribution in [-0.4, -0.2) is 32.8 Å². The normalized spacial score (nSPS) is 12.1. The summed E-state index contributed by atoms with van der Waals surface area (Å²) in [4.78, 5) is 33.1. The Hall–Kier alpha value is -4.34. The Kier molecular flexibility index (Phi) is 7.86. The Bertz CT molecular complexity index is 1210. The number of benzene rings is 2. The molecule has 0 fully saturated rings. The summed E-state index contributed by atoms with van der Waals surface area (Å²) in [6.07, 6.45) is 1.69. The van der Waals surface area contributed by atoms with Crippen molar-refractivity contribution in [2.45, 2.75) is 32.9 Å². The van der Waals surface area contributed by atoms with E-state index in [1.807, 2.05) is 6.92 Å². The molecule has 9 nitrogen and oxygen atoms in total. The van der Waals surface area contributed by atoms with Crippen LogP contribution in [-0.2, 0) is 13.0 Å². The van der Waals surface area contributed by atoms with Crippen molar-refractivity contribution in [3.63, 3.8) is 0 Å². The number of hydrogen-bond donors (Lipinski definition) is 4. The van der Waals surface area contributed by atoms with E-state index < -0.39 is 11.8 Å². The number of carbonyl (C=O) groups excluding carboxylic acids is 2. The number of amidine groups is 1. The molecule has 1 atom stereocenters. The average Bonchev–Trinajstić information content (AvgIpc) is 2.87. The van der Waals surface area contributed by atoms with E-state index in [4.69, 9.17) is 10.9 Å². The third-order valence-corrected chi connectivity index (χ3v) is 5.24. The van der Waals surface area contributed by atoms with Gasteiger partial charge in [0.25, 0.3) is 11.8 Å². The first-order valence-corrected chi connectivity index (χ1v) is 10.6. The summed E-state index contributed by atoms with van der Waals surface area (Å²) in [5.41, 5.74) is 8.29. The fourth-order valence-corrected chi connectivity index (χ4v) is 3.24. The van der Waals surface area contributed by atoms with Crippen LogP contribution in [0.2, 0.25) is 0 Å². The van der Waals surface area contributed by atoms with Crippen LogP contribution in [0, 0.1) is 5.82 Å². The molecule has 1 aromatic heterocycles. The Labute approximate surface area is 195 Å². The van der Waals surface area contributed by atoms with Crippen molar-refractivity contribution >= 4 is 17.6 Å². The van der Waals surface area contributed by atoms with Crippen LogP contribution in [0.1, 0.15) is 63.1 Å². The molecule has 2 aromatic carbocycles. The van der Waals surface area contributed by atoms with Gasteiger partial charge in [0, 0.05) is 18.2 Å². The van der Waals surface area contributed by atoms with Gasteiger partial charge in [-0.15, -0.1) is 0 Å². The second kappa shape index (κ2) is 11.0. The average molecular weight is 465 g/mol. The molecule has 0 unspecified atom stereocenters. The van der Waals surface area contributed by atoms with Crippen LogP contribution in [0.5, 0.6) is 0 Å². The zero-order chi connectivity index (χ0) is 24.7. The predicted octanol–water partition coefficient (Wildman–Crippen LogP) is 2.69. The minimum absolute atomic E-state index is 0.0136. The first-order valence-electron chi connectivity index (χ1n) is 10.6. The molecule has 3 aromatic rings. The molecular formula is C24H25FN6O3. The Balaban J connectivity index is 1.63. The van der Waals surface area contributed by atoms with Crippen LogP contribution < -0.4 is 16.4 Å². The minimum atomic E-state index is -0.481. The van der Waals surface area contributed by atoms with E-state index in [1.165, 1.54) is 12.1 Å². The third-order valence-electron chi connectivity index (χ3n) is 5.24. The molecule has 2 amide bonds. The van der Waals surface area contributed by atoms with Crippen molar-refractivity contribution in [1.29, 1.82) is 0 Å². The molecule has 0 radical (unpaired) electrons. The molecule has 3 rings (SSSR count). The van der Waals surface area contributed by atoms with Crippen molar-refractivity contribution in [2.24, 2.45) is 10.9 Å². The number of nitrogens with two attached hydrogens (primary N) is 1. The van der Waals surface area contributed by atoms with E-state index in [2.05, 4.69) is 25.8 Å². The van der Waals surface area contributed by atoms with Gasteiger partial charge in [0.1, 0.15) is 23.5 Å². The van der Waals surface area contributed by atoms with Gasteiger partial charge in [-0.05, 0) is 36.1 Å². The lowest BCUT2D eigenvalue weighted by Crippen LogP contribution is -2.29. The van der Waals surface area contributed by atoms with Crippen molar-refractivity contribution in [1.82, 2.24) is 20.6 Å². The fraction of sp³-hybridized carbons (Fsp3) is 0.208. The maximum Gasteiger partial charge on any atom is 0.270 e. The summed E-state index contributed by atoms with van der Waals surface area (Å²) in [5, 5.41) is 17.2. The molecule has 5 N–H and O–H groups in total. The molecule has 0 aliphatic carbocycles. The number of aromatic nitrogens is 2. The summed E-state index contributed by atoms with van der Waals surface area (Å²) >= 11 is 0. The fourth-order valence-electron chi connectivity index (χ4n) is 3.24. The Morgan fingerprint density at radius 2 is 1.76 bits per heavy atom. The van der Waals surface area contributed by atoms with E-state index in [9.17, 15) is 14.0 Å². The van der Waals surface area contributed by atoms with Crippen molar-refractivity contribution < 1.29 is 19.2 Å². The van der Waals surface area contributed by atoms with Crippen molar-refractivity contribution in [2.75, 3.05) is 0 Å². The van der Waals surface area contributed by atoms with E-state index >= 15 is 0 Å². The zero-order valence-electron chi connectivity index (χ0n) is 18.7. The van der Waals surface area contributed by atoms with Crippen molar-refractivity contribution in [3.05, 3.63) is 94.3 Å². The molecule has 0 saturated heterocycles. The van der Waals surface area contributed by atoms with Crippen LogP contribution in [0.15, 0.2) is 60.0 Å². The van der Waals surface area contributed by atoms with Crippen LogP contribution in [0.25, 0.3) is 0 Å². The van der Waals surface area contributed by atoms with Gasteiger partial charge >= 0.3 is 0 Å². The Morgan fingerprint density at radius 3 is 2.41 bits per heavy atom. The lowest BCUT2D eigenvalue weighted by Gasteiger charge is -2.14. The summed E-state index contributed by atoms with van der Waals surface area (Å²) in [5.74, 6) is -1.25. The molecule has 1 heterocycles. The molecule has 0 saturated carbocycles. The molecule has 34 heavy (non-hydrogen) atoms. The summed E-state index contributed by atoms with van der Waals surface area (Å²) in [6.45, 7) is 3.83. The van der Waals surface area contributed by atoms with Gasteiger partial charge in [-0.3, -0.25) is 9.59 Å². The Morgan fingerprint density at radius 1 is 1.09 bits per heavy atom. The SMILES string of the molecule is CCc1cc(CNC(=O)c2cc(C(=O)N[C@@H](C)c3ccc(/C(N)=N/O)cc3)ncn2)ccc1F. The van der Waals surface area contributed by atoms with E-state index in [0.29, 0.717) is 17.5 Å². The highest BCUT2D eigenvalue weighted by molar-refractivity contribution is 5.98. The van der Waals surface area contributed by atoms with E-state index in [1.54, 1.807) is 43.3 Å². The number of rotatable bonds is 8. The van der Waals surface area contributed by atoms with Gasteiger partial charge in [0.15, 0.2) is 5.84 Å². The molecule has 176 valence electrons. The topological polar surface area (TPSA) is 143 Å². The number of carbonyl (C=O) groups is 2. The molecule has 10 heteroatoms. The van der Waals surface area contributed by atoms with Gasteiger partial charge in [0.05, 0.1) is 6.04 Å². The second-order valence-corrected chi connectivity index (χ2v) is 7.55. The van der Waals surface area contributed by atoms with Crippen molar-refractivity contribution in [3.8, 4) is 0 Å². The molecule has 0 aliphatic heterocycles. The quantitative estimate of drug-likeness (QED) is 0.175. The lowest BCUT2D eigenvalue weighted by molar-refractivity contribution is 0.0934. The van der Waals surface area contributed by atoms with Crippen LogP contribution in [0.3, 0.4) is 0 Å². The highest BCUT2D eigenvalue weighted by Crippen LogP contribution is 2.15. The number of nitrogens with zero attached hydrogens (tertiary/aromatic N) is 3. The number of amides is 2. The minimum Gasteiger partial charge on any atom is -0.409 e. The zero-order valence-corrected chi connectivity index (χ0v) is 18.7. The maximum absolute atomic E-state index is 13.7. The van der Waals surface area contributed by atoms with Gasteiger partial charge in [0.2, 0.25) is 0 Å². The third kappa shape index (κ3) is 5.91. The first kappa shape index (κ1) is 24.3. The molecule has 0 aliphatic rings. The summed E-state index contributed by atoms with van der Waals surface area (Å²) < 4.78 is 13.7. The number of oxime groups is 1. The van der Waals surface area contributed by atoms with Gasteiger partial charge in [-0.1, -0.05) is 48.5 Å². The molecule has 0 bridgehead atoms.